The van der Waals surface area contributed by atoms with Crippen LogP contribution in [0, 0.1) is 5.92 Å². The van der Waals surface area contributed by atoms with Crippen LogP contribution in [0.4, 0.5) is 0 Å². The Morgan fingerprint density at radius 1 is 1.27 bits per heavy atom. The molecule has 0 unspecified atom stereocenters. The van der Waals surface area contributed by atoms with E-state index in [9.17, 15) is 0 Å². The van der Waals surface area contributed by atoms with Gasteiger partial charge in [-0.25, -0.2) is 0 Å². The van der Waals surface area contributed by atoms with E-state index < -0.39 is 0 Å². The molecule has 0 bridgehead atoms. The van der Waals surface area contributed by atoms with E-state index in [1.807, 2.05) is 0 Å². The van der Waals surface area contributed by atoms with Crippen LogP contribution in [0.5, 0.6) is 0 Å². The van der Waals surface area contributed by atoms with Crippen LogP contribution in [0.2, 0.25) is 0 Å². The number of allylic oxidation sites excluding steroid dienone is 2. The van der Waals surface area contributed by atoms with Gasteiger partial charge < -0.3 is 9.47 Å². The minimum absolute atomic E-state index is 0.00806. The van der Waals surface area contributed by atoms with E-state index in [0.29, 0.717) is 12.0 Å². The van der Waals surface area contributed by atoms with Crippen LogP contribution < -0.4 is 0 Å². The second-order valence-electron chi connectivity index (χ2n) is 5.44. The largest absolute Gasteiger partial charge is 0.349 e. The lowest BCUT2D eigenvalue weighted by atomic mass is 9.91. The topological polar surface area (TPSA) is 18.5 Å². The predicted molar refractivity (Wildman–Crippen MR) is 60.6 cm³/mol. The molecule has 1 aliphatic carbocycles. The van der Waals surface area contributed by atoms with E-state index in [0.717, 1.165) is 12.8 Å². The Morgan fingerprint density at radius 2 is 2.07 bits per heavy atom. The molecular weight excluding hydrogens is 188 g/mol. The Bertz CT molecular complexity index is 245. The van der Waals surface area contributed by atoms with Crippen LogP contribution >= 0.6 is 0 Å². The summed E-state index contributed by atoms with van der Waals surface area (Å²) in [7, 11) is 0. The quantitative estimate of drug-likeness (QED) is 0.618. The first-order chi connectivity index (χ1) is 7.07. The van der Waals surface area contributed by atoms with Crippen molar-refractivity contribution in [2.24, 2.45) is 5.92 Å². The highest BCUT2D eigenvalue weighted by atomic mass is 16.7. The Morgan fingerprint density at radius 3 is 2.67 bits per heavy atom. The molecule has 3 atom stereocenters. The highest BCUT2D eigenvalue weighted by Crippen LogP contribution is 2.34. The van der Waals surface area contributed by atoms with Gasteiger partial charge >= 0.3 is 0 Å². The SMILES string of the molecule is C[C@H]1CC(C)(C)O[C@@H]([C@H]2CC=CCC2)O1. The maximum absolute atomic E-state index is 6.03. The summed E-state index contributed by atoms with van der Waals surface area (Å²) < 4.78 is 11.9. The Balaban J connectivity index is 1.99. The third-order valence-electron chi connectivity index (χ3n) is 3.28. The van der Waals surface area contributed by atoms with Crippen LogP contribution in [0.1, 0.15) is 46.5 Å². The van der Waals surface area contributed by atoms with Crippen molar-refractivity contribution in [3.8, 4) is 0 Å². The summed E-state index contributed by atoms with van der Waals surface area (Å²) >= 11 is 0. The predicted octanol–water partition coefficient (Wildman–Crippen LogP) is 3.27. The molecule has 0 radical (unpaired) electrons. The molecule has 0 saturated carbocycles. The molecule has 2 heteroatoms. The van der Waals surface area contributed by atoms with Crippen molar-refractivity contribution in [2.75, 3.05) is 0 Å². The van der Waals surface area contributed by atoms with Gasteiger partial charge in [0.25, 0.3) is 0 Å². The molecule has 86 valence electrons. The van der Waals surface area contributed by atoms with Crippen molar-refractivity contribution in [2.45, 2.75) is 64.4 Å². The molecule has 2 nitrogen and oxygen atoms in total. The zero-order valence-corrected chi connectivity index (χ0v) is 10.0. The maximum atomic E-state index is 6.03. The normalized spacial score (nSPS) is 40.3. The molecule has 2 rings (SSSR count). The van der Waals surface area contributed by atoms with E-state index in [4.69, 9.17) is 9.47 Å². The van der Waals surface area contributed by atoms with Gasteiger partial charge in [0.15, 0.2) is 6.29 Å². The van der Waals surface area contributed by atoms with Crippen molar-refractivity contribution in [3.63, 3.8) is 0 Å². The van der Waals surface area contributed by atoms with Crippen molar-refractivity contribution >= 4 is 0 Å². The Hall–Kier alpha value is -0.340. The number of hydrogen-bond donors (Lipinski definition) is 0. The van der Waals surface area contributed by atoms with Crippen molar-refractivity contribution in [1.29, 1.82) is 0 Å². The Labute approximate surface area is 92.6 Å². The molecule has 1 saturated heterocycles. The summed E-state index contributed by atoms with van der Waals surface area (Å²) in [5.74, 6) is 0.553. The number of rotatable bonds is 1. The third kappa shape index (κ3) is 2.82. The fourth-order valence-electron chi connectivity index (χ4n) is 2.63. The molecule has 1 aliphatic heterocycles. The van der Waals surface area contributed by atoms with Crippen LogP contribution in [0.15, 0.2) is 12.2 Å². The van der Waals surface area contributed by atoms with Gasteiger partial charge in [-0.05, 0) is 40.0 Å². The maximum Gasteiger partial charge on any atom is 0.161 e. The summed E-state index contributed by atoms with van der Waals surface area (Å²) in [5.41, 5.74) is -0.0243. The summed E-state index contributed by atoms with van der Waals surface area (Å²) in [4.78, 5) is 0. The number of hydrogen-bond acceptors (Lipinski definition) is 2. The first-order valence-corrected chi connectivity index (χ1v) is 6.05. The van der Waals surface area contributed by atoms with Crippen LogP contribution in [-0.4, -0.2) is 18.0 Å². The van der Waals surface area contributed by atoms with E-state index >= 15 is 0 Å². The van der Waals surface area contributed by atoms with Crippen molar-refractivity contribution in [3.05, 3.63) is 12.2 Å². The first kappa shape index (κ1) is 11.2. The molecule has 1 fully saturated rings. The fourth-order valence-corrected chi connectivity index (χ4v) is 2.63. The molecule has 0 amide bonds. The first-order valence-electron chi connectivity index (χ1n) is 6.05. The molecule has 0 spiro atoms. The minimum Gasteiger partial charge on any atom is -0.349 e. The van der Waals surface area contributed by atoms with E-state index in [2.05, 4.69) is 32.9 Å². The summed E-state index contributed by atoms with van der Waals surface area (Å²) in [5, 5.41) is 0. The smallest absolute Gasteiger partial charge is 0.161 e. The van der Waals surface area contributed by atoms with Crippen LogP contribution in [0.3, 0.4) is 0 Å². The fraction of sp³-hybridized carbons (Fsp3) is 0.846. The van der Waals surface area contributed by atoms with Gasteiger partial charge in [-0.1, -0.05) is 12.2 Å². The van der Waals surface area contributed by atoms with Gasteiger partial charge in [0, 0.05) is 12.3 Å². The molecule has 0 aromatic heterocycles. The average Bonchev–Trinajstić information content (AvgIpc) is 2.16. The van der Waals surface area contributed by atoms with Gasteiger partial charge in [0.1, 0.15) is 0 Å². The Kier molecular flexibility index (Phi) is 3.17. The lowest BCUT2D eigenvalue weighted by Gasteiger charge is -2.42. The standard InChI is InChI=1S/C13H22O2/c1-10-9-13(2,3)15-12(14-10)11-7-5-4-6-8-11/h4-5,10-12H,6-9H2,1-3H3/t10-,11-,12-/m0/s1. The van der Waals surface area contributed by atoms with Gasteiger partial charge in [0.2, 0.25) is 0 Å². The number of ether oxygens (including phenoxy) is 2. The summed E-state index contributed by atoms with van der Waals surface area (Å²) in [6.45, 7) is 6.48. The van der Waals surface area contributed by atoms with Crippen molar-refractivity contribution in [1.82, 2.24) is 0 Å². The molecule has 2 aliphatic rings. The molecule has 0 aromatic rings. The van der Waals surface area contributed by atoms with E-state index in [1.54, 1.807) is 0 Å². The molecular formula is C13H22O2. The van der Waals surface area contributed by atoms with Gasteiger partial charge in [-0.3, -0.25) is 0 Å². The molecule has 0 aromatic carbocycles. The van der Waals surface area contributed by atoms with E-state index in [-0.39, 0.29) is 11.9 Å². The van der Waals surface area contributed by atoms with Gasteiger partial charge in [0.05, 0.1) is 11.7 Å². The third-order valence-corrected chi connectivity index (χ3v) is 3.28. The second-order valence-corrected chi connectivity index (χ2v) is 5.44. The molecule has 1 heterocycles. The molecule has 15 heavy (non-hydrogen) atoms. The van der Waals surface area contributed by atoms with Crippen LogP contribution in [0.25, 0.3) is 0 Å². The average molecular weight is 210 g/mol. The highest BCUT2D eigenvalue weighted by Gasteiger charge is 2.37. The second kappa shape index (κ2) is 4.26. The highest BCUT2D eigenvalue weighted by molar-refractivity contribution is 4.92. The zero-order valence-electron chi connectivity index (χ0n) is 10.0. The van der Waals surface area contributed by atoms with Crippen LogP contribution in [-0.2, 0) is 9.47 Å². The summed E-state index contributed by atoms with van der Waals surface area (Å²) in [6.07, 6.45) is 9.31. The summed E-state index contributed by atoms with van der Waals surface area (Å²) in [6, 6.07) is 0. The van der Waals surface area contributed by atoms with E-state index in [1.165, 1.54) is 12.8 Å². The van der Waals surface area contributed by atoms with Gasteiger partial charge in [-0.15, -0.1) is 0 Å². The van der Waals surface area contributed by atoms with Crippen molar-refractivity contribution < 1.29 is 9.47 Å². The lowest BCUT2D eigenvalue weighted by Crippen LogP contribution is -2.46. The lowest BCUT2D eigenvalue weighted by molar-refractivity contribution is -0.287. The monoisotopic (exact) mass is 210 g/mol. The molecule has 0 N–H and O–H groups in total. The zero-order chi connectivity index (χ0) is 10.9. The van der Waals surface area contributed by atoms with Gasteiger partial charge in [-0.2, -0.15) is 0 Å². The minimum atomic E-state index is -0.0243.